The Morgan fingerprint density at radius 1 is 1.15 bits per heavy atom. The molecule has 2 rings (SSSR count). The maximum atomic E-state index is 14.0. The van der Waals surface area contributed by atoms with Gasteiger partial charge < -0.3 is 4.74 Å². The van der Waals surface area contributed by atoms with E-state index in [4.69, 9.17) is 27.9 Å². The molecule has 0 bridgehead atoms. The summed E-state index contributed by atoms with van der Waals surface area (Å²) in [6, 6.07) is 9.73. The van der Waals surface area contributed by atoms with Gasteiger partial charge in [-0.2, -0.15) is 4.31 Å². The monoisotopic (exact) mass is 433 g/mol. The molecule has 27 heavy (non-hydrogen) atoms. The standard InChI is InChI=1S/C18H18Cl2FNO4S/c1-2-26-18(23)7-8-22(12-13-5-3-4-6-17(13)21)27(24,25)16-10-14(19)9-15(20)11-16/h3-6,9-11H,2,7-8,12H2,1H3. The Morgan fingerprint density at radius 3 is 2.37 bits per heavy atom. The molecule has 2 aromatic carbocycles. The van der Waals surface area contributed by atoms with Crippen LogP contribution in [0.5, 0.6) is 0 Å². The van der Waals surface area contributed by atoms with Crippen LogP contribution in [0.3, 0.4) is 0 Å². The van der Waals surface area contributed by atoms with Crippen LogP contribution in [0.2, 0.25) is 10.0 Å². The summed E-state index contributed by atoms with van der Waals surface area (Å²) in [6.07, 6.45) is -0.171. The summed E-state index contributed by atoms with van der Waals surface area (Å²) in [6.45, 7) is 1.40. The maximum absolute atomic E-state index is 14.0. The number of benzene rings is 2. The molecule has 0 saturated carbocycles. The number of nitrogens with zero attached hydrogens (tertiary/aromatic N) is 1. The van der Waals surface area contributed by atoms with Gasteiger partial charge in [-0.3, -0.25) is 4.79 Å². The quantitative estimate of drug-likeness (QED) is 0.582. The summed E-state index contributed by atoms with van der Waals surface area (Å²) in [7, 11) is -4.08. The molecule has 9 heteroatoms. The maximum Gasteiger partial charge on any atom is 0.307 e. The van der Waals surface area contributed by atoms with Crippen LogP contribution in [0.4, 0.5) is 4.39 Å². The van der Waals surface area contributed by atoms with Gasteiger partial charge in [-0.25, -0.2) is 12.8 Å². The van der Waals surface area contributed by atoms with Gasteiger partial charge in [0.2, 0.25) is 10.0 Å². The first-order valence-corrected chi connectivity index (χ1v) is 10.3. The van der Waals surface area contributed by atoms with Crippen molar-refractivity contribution in [3.8, 4) is 0 Å². The lowest BCUT2D eigenvalue weighted by Crippen LogP contribution is -2.33. The number of esters is 1. The molecular formula is C18H18Cl2FNO4S. The average molecular weight is 434 g/mol. The van der Waals surface area contributed by atoms with Crippen LogP contribution in [0.1, 0.15) is 18.9 Å². The van der Waals surface area contributed by atoms with E-state index in [2.05, 4.69) is 0 Å². The fraction of sp³-hybridized carbons (Fsp3) is 0.278. The van der Waals surface area contributed by atoms with Crippen LogP contribution in [0.15, 0.2) is 47.4 Å². The molecule has 5 nitrogen and oxygen atoms in total. The van der Waals surface area contributed by atoms with E-state index >= 15 is 0 Å². The topological polar surface area (TPSA) is 63.7 Å². The predicted molar refractivity (Wildman–Crippen MR) is 102 cm³/mol. The van der Waals surface area contributed by atoms with Crippen molar-refractivity contribution in [1.29, 1.82) is 0 Å². The average Bonchev–Trinajstić information content (AvgIpc) is 2.59. The first-order chi connectivity index (χ1) is 12.7. The fourth-order valence-electron chi connectivity index (χ4n) is 2.38. The van der Waals surface area contributed by atoms with Crippen molar-refractivity contribution in [2.24, 2.45) is 0 Å². The third kappa shape index (κ3) is 5.90. The zero-order valence-electron chi connectivity index (χ0n) is 14.5. The van der Waals surface area contributed by atoms with Crippen LogP contribution in [-0.2, 0) is 26.1 Å². The molecule has 0 aromatic heterocycles. The number of hydrogen-bond donors (Lipinski definition) is 0. The Kier molecular flexibility index (Phi) is 7.61. The highest BCUT2D eigenvalue weighted by molar-refractivity contribution is 7.89. The molecule has 0 saturated heterocycles. The lowest BCUT2D eigenvalue weighted by Gasteiger charge is -2.22. The van der Waals surface area contributed by atoms with E-state index in [1.165, 1.54) is 36.4 Å². The van der Waals surface area contributed by atoms with Gasteiger partial charge >= 0.3 is 5.97 Å². The van der Waals surface area contributed by atoms with E-state index in [-0.39, 0.29) is 46.6 Å². The molecule has 0 aliphatic rings. The molecule has 0 aliphatic heterocycles. The van der Waals surface area contributed by atoms with E-state index in [1.807, 2.05) is 0 Å². The van der Waals surface area contributed by atoms with E-state index < -0.39 is 21.8 Å². The molecule has 146 valence electrons. The lowest BCUT2D eigenvalue weighted by atomic mass is 10.2. The zero-order chi connectivity index (χ0) is 20.0. The summed E-state index contributed by atoms with van der Waals surface area (Å²) in [5, 5.41) is 0.301. The SMILES string of the molecule is CCOC(=O)CCN(Cc1ccccc1F)S(=O)(=O)c1cc(Cl)cc(Cl)c1. The summed E-state index contributed by atoms with van der Waals surface area (Å²) >= 11 is 11.8. The van der Waals surface area contributed by atoms with Crippen LogP contribution in [0, 0.1) is 5.82 Å². The van der Waals surface area contributed by atoms with Gasteiger partial charge in [-0.1, -0.05) is 41.4 Å². The zero-order valence-corrected chi connectivity index (χ0v) is 16.8. The molecule has 0 amide bonds. The van der Waals surface area contributed by atoms with E-state index in [0.29, 0.717) is 0 Å². The van der Waals surface area contributed by atoms with Crippen molar-refractivity contribution in [2.75, 3.05) is 13.2 Å². The molecule has 2 aromatic rings. The summed E-state index contributed by atoms with van der Waals surface area (Å²) in [5.41, 5.74) is 0.179. The highest BCUT2D eigenvalue weighted by atomic mass is 35.5. The van der Waals surface area contributed by atoms with Crippen molar-refractivity contribution in [1.82, 2.24) is 4.31 Å². The fourth-order valence-corrected chi connectivity index (χ4v) is 4.52. The molecule has 0 atom stereocenters. The van der Waals surface area contributed by atoms with Crippen molar-refractivity contribution >= 4 is 39.2 Å². The number of ether oxygens (including phenoxy) is 1. The second-order valence-corrected chi connectivity index (χ2v) is 8.40. The number of sulfonamides is 1. The van der Waals surface area contributed by atoms with Crippen LogP contribution in [0.25, 0.3) is 0 Å². The smallest absolute Gasteiger partial charge is 0.307 e. The number of carbonyl (C=O) groups is 1. The summed E-state index contributed by atoms with van der Waals surface area (Å²) in [5.74, 6) is -1.09. The van der Waals surface area contributed by atoms with Gasteiger partial charge in [0.05, 0.1) is 17.9 Å². The van der Waals surface area contributed by atoms with Crippen molar-refractivity contribution < 1.29 is 22.3 Å². The minimum absolute atomic E-state index is 0.139. The Hall–Kier alpha value is -1.67. The lowest BCUT2D eigenvalue weighted by molar-refractivity contribution is -0.143. The van der Waals surface area contributed by atoms with Gasteiger partial charge in [-0.15, -0.1) is 0 Å². The van der Waals surface area contributed by atoms with Crippen LogP contribution in [-0.4, -0.2) is 31.8 Å². The number of hydrogen-bond acceptors (Lipinski definition) is 4. The van der Waals surface area contributed by atoms with Crippen molar-refractivity contribution in [2.45, 2.75) is 24.8 Å². The first-order valence-electron chi connectivity index (χ1n) is 8.09. The minimum Gasteiger partial charge on any atom is -0.466 e. The second-order valence-electron chi connectivity index (χ2n) is 5.59. The second kappa shape index (κ2) is 9.50. The molecule has 0 N–H and O–H groups in total. The molecule has 0 heterocycles. The number of carbonyl (C=O) groups excluding carboxylic acids is 1. The normalized spacial score (nSPS) is 11.6. The Bertz CT molecular complexity index is 901. The predicted octanol–water partition coefficient (Wildman–Crippen LogP) is 4.28. The molecule has 0 aliphatic carbocycles. The highest BCUT2D eigenvalue weighted by Crippen LogP contribution is 2.26. The molecule has 0 radical (unpaired) electrons. The van der Waals surface area contributed by atoms with E-state index in [1.54, 1.807) is 13.0 Å². The van der Waals surface area contributed by atoms with Crippen molar-refractivity contribution in [3.05, 3.63) is 63.9 Å². The Morgan fingerprint density at radius 2 is 1.78 bits per heavy atom. The number of halogens is 3. The van der Waals surface area contributed by atoms with Gasteiger partial charge in [-0.05, 0) is 31.2 Å². The van der Waals surface area contributed by atoms with Crippen LogP contribution >= 0.6 is 23.2 Å². The Balaban J connectivity index is 2.37. The number of rotatable bonds is 8. The highest BCUT2D eigenvalue weighted by Gasteiger charge is 2.27. The van der Waals surface area contributed by atoms with Gasteiger partial charge in [0.25, 0.3) is 0 Å². The molecular weight excluding hydrogens is 416 g/mol. The third-order valence-electron chi connectivity index (χ3n) is 3.65. The van der Waals surface area contributed by atoms with Gasteiger partial charge in [0, 0.05) is 28.7 Å². The van der Waals surface area contributed by atoms with Crippen molar-refractivity contribution in [3.63, 3.8) is 0 Å². The Labute approximate surface area is 167 Å². The van der Waals surface area contributed by atoms with Gasteiger partial charge in [0.1, 0.15) is 5.82 Å². The molecule has 0 fully saturated rings. The molecule has 0 unspecified atom stereocenters. The van der Waals surface area contributed by atoms with Gasteiger partial charge in [0.15, 0.2) is 0 Å². The molecule has 0 spiro atoms. The summed E-state index contributed by atoms with van der Waals surface area (Å²) < 4.78 is 46.0. The minimum atomic E-state index is -4.08. The van der Waals surface area contributed by atoms with E-state index in [0.717, 1.165) is 4.31 Å². The largest absolute Gasteiger partial charge is 0.466 e. The van der Waals surface area contributed by atoms with E-state index in [9.17, 15) is 17.6 Å². The summed E-state index contributed by atoms with van der Waals surface area (Å²) in [4.78, 5) is 11.5. The van der Waals surface area contributed by atoms with Crippen LogP contribution < -0.4 is 0 Å². The first kappa shape index (κ1) is 21.6. The third-order valence-corrected chi connectivity index (χ3v) is 5.91.